The number of Topliss-reactive ketones (excluding diaryl/α,β-unsaturated/α-hetero) is 1. The van der Waals surface area contributed by atoms with Crippen LogP contribution < -0.4 is 0 Å². The van der Waals surface area contributed by atoms with Gasteiger partial charge in [-0.3, -0.25) is 4.79 Å². The highest BCUT2D eigenvalue weighted by atomic mass is 31.0. The van der Waals surface area contributed by atoms with Crippen LogP contribution in [0.2, 0.25) is 0 Å². The van der Waals surface area contributed by atoms with Gasteiger partial charge in [0.15, 0.2) is 5.78 Å². The Bertz CT molecular complexity index is 152. The van der Waals surface area contributed by atoms with Gasteiger partial charge < -0.3 is 25.5 Å². The van der Waals surface area contributed by atoms with Gasteiger partial charge in [-0.1, -0.05) is 0 Å². The number of hydrogen-bond donors (Lipinski definition) is 5. The average Bonchev–Trinajstić information content (AvgIpc) is 2.12. The van der Waals surface area contributed by atoms with Gasteiger partial charge in [0.2, 0.25) is 0 Å². The minimum Gasteiger partial charge on any atom is -0.394 e. The smallest absolute Gasteiger partial charge is 0.189 e. The van der Waals surface area contributed by atoms with E-state index in [0.29, 0.717) is 0 Å². The van der Waals surface area contributed by atoms with Crippen LogP contribution in [0.4, 0.5) is 0 Å². The van der Waals surface area contributed by atoms with Crippen LogP contribution in [-0.4, -0.2) is 62.8 Å². The summed E-state index contributed by atoms with van der Waals surface area (Å²) in [5.41, 5.74) is 0. The van der Waals surface area contributed by atoms with Crippen molar-refractivity contribution in [1.29, 1.82) is 0 Å². The molecule has 0 saturated carbocycles. The topological polar surface area (TPSA) is 118 Å². The molecule has 0 aliphatic rings. The second kappa shape index (κ2) is 7.32. The quantitative estimate of drug-likeness (QED) is 0.306. The molecule has 80 valence electrons. The Kier molecular flexibility index (Phi) is 8.65. The Morgan fingerprint density at radius 1 is 1.15 bits per heavy atom. The van der Waals surface area contributed by atoms with E-state index in [2.05, 4.69) is 0 Å². The molecule has 13 heavy (non-hydrogen) atoms. The lowest BCUT2D eigenvalue weighted by atomic mass is 10.1. The van der Waals surface area contributed by atoms with E-state index in [1.807, 2.05) is 0 Å². The second-order valence-electron chi connectivity index (χ2n) is 2.31. The molecular formula is C6H15O6P. The second-order valence-corrected chi connectivity index (χ2v) is 2.31. The normalized spacial score (nSPS) is 17.0. The molecule has 6 nitrogen and oxygen atoms in total. The van der Waals surface area contributed by atoms with E-state index in [-0.39, 0.29) is 9.90 Å². The summed E-state index contributed by atoms with van der Waals surface area (Å²) in [6.45, 7) is -1.69. The Hall–Kier alpha value is -0.1000. The van der Waals surface area contributed by atoms with Crippen LogP contribution >= 0.6 is 9.90 Å². The number of carbonyl (C=O) groups excluding carboxylic acids is 1. The highest BCUT2D eigenvalue weighted by molar-refractivity contribution is 6.92. The van der Waals surface area contributed by atoms with Gasteiger partial charge >= 0.3 is 0 Å². The van der Waals surface area contributed by atoms with Gasteiger partial charge in [0.1, 0.15) is 24.9 Å². The third-order valence-corrected chi connectivity index (χ3v) is 1.39. The molecule has 4 atom stereocenters. The summed E-state index contributed by atoms with van der Waals surface area (Å²) in [6, 6.07) is 0. The highest BCUT2D eigenvalue weighted by Gasteiger charge is 2.28. The molecule has 0 aliphatic heterocycles. The largest absolute Gasteiger partial charge is 0.394 e. The van der Waals surface area contributed by atoms with E-state index in [1.54, 1.807) is 0 Å². The van der Waals surface area contributed by atoms with Crippen molar-refractivity contribution in [3.63, 3.8) is 0 Å². The summed E-state index contributed by atoms with van der Waals surface area (Å²) in [7, 11) is 0. The SMILES string of the molecule is O=C(CO)C(O)C(O)C(O)CO.P. The molecule has 0 heterocycles. The predicted octanol–water partition coefficient (Wildman–Crippen LogP) is -3.32. The summed E-state index contributed by atoms with van der Waals surface area (Å²) < 4.78 is 0. The van der Waals surface area contributed by atoms with Gasteiger partial charge in [0, 0.05) is 0 Å². The van der Waals surface area contributed by atoms with Gasteiger partial charge in [-0.05, 0) is 0 Å². The number of rotatable bonds is 5. The van der Waals surface area contributed by atoms with Gasteiger partial charge in [0.05, 0.1) is 6.61 Å². The van der Waals surface area contributed by atoms with E-state index >= 15 is 0 Å². The van der Waals surface area contributed by atoms with E-state index in [9.17, 15) is 4.79 Å². The maximum absolute atomic E-state index is 10.5. The summed E-state index contributed by atoms with van der Waals surface area (Å²) in [5, 5.41) is 43.1. The summed E-state index contributed by atoms with van der Waals surface area (Å²) in [4.78, 5) is 10.5. The molecule has 0 amide bonds. The molecule has 0 aliphatic carbocycles. The molecule has 0 rings (SSSR count). The zero-order chi connectivity index (χ0) is 9.72. The molecule has 4 unspecified atom stereocenters. The summed E-state index contributed by atoms with van der Waals surface area (Å²) >= 11 is 0. The zero-order valence-corrected chi connectivity index (χ0v) is 8.41. The predicted molar refractivity (Wildman–Crippen MR) is 48.3 cm³/mol. The number of aliphatic hydroxyl groups is 5. The van der Waals surface area contributed by atoms with Crippen molar-refractivity contribution in [2.75, 3.05) is 13.2 Å². The fraction of sp³-hybridized carbons (Fsp3) is 0.833. The number of carbonyl (C=O) groups is 1. The molecule has 0 bridgehead atoms. The summed E-state index contributed by atoms with van der Waals surface area (Å²) in [5.74, 6) is -1.00. The maximum Gasteiger partial charge on any atom is 0.189 e. The molecule has 0 radical (unpaired) electrons. The number of ketones is 1. The minimum atomic E-state index is -1.86. The molecule has 7 heteroatoms. The molecule has 0 fully saturated rings. The van der Waals surface area contributed by atoms with Crippen molar-refractivity contribution in [3.05, 3.63) is 0 Å². The van der Waals surface area contributed by atoms with Crippen LogP contribution in [0.1, 0.15) is 0 Å². The third-order valence-electron chi connectivity index (χ3n) is 1.39. The van der Waals surface area contributed by atoms with Crippen LogP contribution in [0.15, 0.2) is 0 Å². The Morgan fingerprint density at radius 3 is 1.92 bits per heavy atom. The monoisotopic (exact) mass is 214 g/mol. The lowest BCUT2D eigenvalue weighted by Gasteiger charge is -2.19. The van der Waals surface area contributed by atoms with Crippen LogP contribution in [0.25, 0.3) is 0 Å². The zero-order valence-electron chi connectivity index (χ0n) is 7.00. The van der Waals surface area contributed by atoms with Crippen LogP contribution in [0.5, 0.6) is 0 Å². The van der Waals surface area contributed by atoms with Gasteiger partial charge in [-0.25, -0.2) is 0 Å². The van der Waals surface area contributed by atoms with Crippen LogP contribution in [-0.2, 0) is 4.79 Å². The Labute approximate surface area is 78.4 Å². The number of aliphatic hydroxyl groups excluding tert-OH is 5. The lowest BCUT2D eigenvalue weighted by molar-refractivity contribution is -0.142. The van der Waals surface area contributed by atoms with Crippen LogP contribution in [0.3, 0.4) is 0 Å². The molecule has 0 spiro atoms. The molecular weight excluding hydrogens is 199 g/mol. The first-order chi connectivity index (χ1) is 5.54. The minimum absolute atomic E-state index is 0. The van der Waals surface area contributed by atoms with Crippen molar-refractivity contribution in [2.45, 2.75) is 18.3 Å². The van der Waals surface area contributed by atoms with Gasteiger partial charge in [-0.2, -0.15) is 9.90 Å². The molecule has 0 aromatic heterocycles. The Morgan fingerprint density at radius 2 is 1.62 bits per heavy atom. The first kappa shape index (κ1) is 15.4. The molecule has 0 aromatic carbocycles. The first-order valence-electron chi connectivity index (χ1n) is 3.33. The Balaban J connectivity index is 0. The van der Waals surface area contributed by atoms with Crippen molar-refractivity contribution in [1.82, 2.24) is 0 Å². The molecule has 0 saturated heterocycles. The maximum atomic E-state index is 10.5. The molecule has 5 N–H and O–H groups in total. The van der Waals surface area contributed by atoms with E-state index in [0.717, 1.165) is 0 Å². The van der Waals surface area contributed by atoms with Crippen molar-refractivity contribution in [3.8, 4) is 0 Å². The summed E-state index contributed by atoms with van der Waals surface area (Å²) in [6.07, 6.45) is -5.22. The fourth-order valence-corrected chi connectivity index (χ4v) is 0.602. The van der Waals surface area contributed by atoms with E-state index < -0.39 is 37.3 Å². The van der Waals surface area contributed by atoms with Crippen LogP contribution in [0, 0.1) is 0 Å². The van der Waals surface area contributed by atoms with E-state index in [1.165, 1.54) is 0 Å². The third kappa shape index (κ3) is 4.61. The fourth-order valence-electron chi connectivity index (χ4n) is 0.602. The van der Waals surface area contributed by atoms with Crippen molar-refractivity contribution < 1.29 is 30.3 Å². The standard InChI is InChI=1S/C6H12O6.H3P/c7-1-3(9)5(11)6(12)4(10)2-8;/h3,5-9,11-12H,1-2H2;1H3. The van der Waals surface area contributed by atoms with Gasteiger partial charge in [0.25, 0.3) is 0 Å². The van der Waals surface area contributed by atoms with Crippen molar-refractivity contribution >= 4 is 15.7 Å². The van der Waals surface area contributed by atoms with Crippen molar-refractivity contribution in [2.24, 2.45) is 0 Å². The van der Waals surface area contributed by atoms with Gasteiger partial charge in [-0.15, -0.1) is 0 Å². The molecule has 0 aromatic rings. The first-order valence-corrected chi connectivity index (χ1v) is 3.33. The lowest BCUT2D eigenvalue weighted by Crippen LogP contribution is -2.44. The number of hydrogen-bond acceptors (Lipinski definition) is 6. The average molecular weight is 214 g/mol. The van der Waals surface area contributed by atoms with E-state index in [4.69, 9.17) is 25.5 Å². The highest BCUT2D eigenvalue weighted by Crippen LogP contribution is 2.00.